The number of carbonyl (C=O) groups is 1. The van der Waals surface area contributed by atoms with Crippen molar-refractivity contribution in [2.24, 2.45) is 0 Å². The first-order valence-corrected chi connectivity index (χ1v) is 8.92. The van der Waals surface area contributed by atoms with Crippen molar-refractivity contribution in [2.45, 2.75) is 24.8 Å². The molecule has 9 heteroatoms. The maximum absolute atomic E-state index is 11.9. The van der Waals surface area contributed by atoms with Crippen LogP contribution in [0.4, 0.5) is 0 Å². The highest BCUT2D eigenvalue weighted by Gasteiger charge is 2.23. The fourth-order valence-corrected chi connectivity index (χ4v) is 3.24. The molecule has 0 atom stereocenters. The zero-order valence-corrected chi connectivity index (χ0v) is 14.3. The SMILES string of the molecule is CC(C)OCCOC(=O)c1cc(Cl)cc(S(=O)(=O)Cl)c1Cl. The van der Waals surface area contributed by atoms with Gasteiger partial charge in [-0.2, -0.15) is 0 Å². The number of hydrogen-bond acceptors (Lipinski definition) is 5. The predicted octanol–water partition coefficient (Wildman–Crippen LogP) is 3.50. The van der Waals surface area contributed by atoms with E-state index in [9.17, 15) is 13.2 Å². The number of esters is 1. The third-order valence-corrected chi connectivity index (χ3v) is 4.34. The summed E-state index contributed by atoms with van der Waals surface area (Å²) in [6.07, 6.45) is 0.00598. The van der Waals surface area contributed by atoms with Crippen LogP contribution in [-0.4, -0.2) is 33.7 Å². The molecule has 118 valence electrons. The van der Waals surface area contributed by atoms with Crippen LogP contribution < -0.4 is 0 Å². The average molecular weight is 376 g/mol. The van der Waals surface area contributed by atoms with E-state index in [1.54, 1.807) is 0 Å². The first-order chi connectivity index (χ1) is 9.62. The lowest BCUT2D eigenvalue weighted by atomic mass is 10.2. The number of halogens is 3. The van der Waals surface area contributed by atoms with Gasteiger partial charge in [0.05, 0.1) is 23.3 Å². The Kier molecular flexibility index (Phi) is 6.74. The van der Waals surface area contributed by atoms with Crippen molar-refractivity contribution in [1.29, 1.82) is 0 Å². The van der Waals surface area contributed by atoms with Crippen LogP contribution in [-0.2, 0) is 18.5 Å². The molecule has 1 aromatic carbocycles. The summed E-state index contributed by atoms with van der Waals surface area (Å²) in [5.41, 5.74) is -0.173. The van der Waals surface area contributed by atoms with Crippen LogP contribution in [0.3, 0.4) is 0 Å². The van der Waals surface area contributed by atoms with E-state index in [0.29, 0.717) is 0 Å². The standard InChI is InChI=1S/C12H13Cl3O5S/c1-7(2)19-3-4-20-12(16)9-5-8(13)6-10(11(9)14)21(15,17)18/h5-7H,3-4H2,1-2H3. The fourth-order valence-electron chi connectivity index (χ4n) is 1.39. The summed E-state index contributed by atoms with van der Waals surface area (Å²) in [4.78, 5) is 11.4. The minimum Gasteiger partial charge on any atom is -0.460 e. The lowest BCUT2D eigenvalue weighted by Crippen LogP contribution is -2.14. The Balaban J connectivity index is 2.93. The van der Waals surface area contributed by atoms with Crippen molar-refractivity contribution in [1.82, 2.24) is 0 Å². The number of ether oxygens (including phenoxy) is 2. The molecule has 21 heavy (non-hydrogen) atoms. The van der Waals surface area contributed by atoms with Gasteiger partial charge in [0, 0.05) is 15.7 Å². The second kappa shape index (κ2) is 7.65. The molecule has 1 aromatic rings. The molecular formula is C12H13Cl3O5S. The van der Waals surface area contributed by atoms with Crippen LogP contribution in [0.5, 0.6) is 0 Å². The largest absolute Gasteiger partial charge is 0.460 e. The Morgan fingerprint density at radius 2 is 1.86 bits per heavy atom. The predicted molar refractivity (Wildman–Crippen MR) is 80.9 cm³/mol. The molecule has 0 aromatic heterocycles. The van der Waals surface area contributed by atoms with E-state index in [1.807, 2.05) is 13.8 Å². The normalized spacial score (nSPS) is 11.7. The molecule has 0 fully saturated rings. The first-order valence-electron chi connectivity index (χ1n) is 5.85. The van der Waals surface area contributed by atoms with Crippen molar-refractivity contribution >= 4 is 48.9 Å². The van der Waals surface area contributed by atoms with E-state index in [4.69, 9.17) is 43.4 Å². The highest BCUT2D eigenvalue weighted by molar-refractivity contribution is 8.13. The van der Waals surface area contributed by atoms with Crippen molar-refractivity contribution < 1.29 is 22.7 Å². The van der Waals surface area contributed by atoms with Crippen molar-refractivity contribution in [3.63, 3.8) is 0 Å². The molecule has 0 N–H and O–H groups in total. The average Bonchev–Trinajstić information content (AvgIpc) is 2.35. The third kappa shape index (κ3) is 5.64. The zero-order chi connectivity index (χ0) is 16.2. The first kappa shape index (κ1) is 18.5. The third-order valence-electron chi connectivity index (χ3n) is 2.25. The van der Waals surface area contributed by atoms with Gasteiger partial charge in [-0.1, -0.05) is 23.2 Å². The van der Waals surface area contributed by atoms with Crippen LogP contribution in [0.2, 0.25) is 10.0 Å². The molecule has 5 nitrogen and oxygen atoms in total. The lowest BCUT2D eigenvalue weighted by Gasteiger charge is -2.10. The summed E-state index contributed by atoms with van der Waals surface area (Å²) in [7, 11) is 1.11. The Hall–Kier alpha value is -0.530. The van der Waals surface area contributed by atoms with Gasteiger partial charge in [-0.05, 0) is 26.0 Å². The monoisotopic (exact) mass is 374 g/mol. The lowest BCUT2D eigenvalue weighted by molar-refractivity contribution is 0.0177. The Labute approximate surface area is 137 Å². The van der Waals surface area contributed by atoms with Crippen LogP contribution >= 0.6 is 33.9 Å². The van der Waals surface area contributed by atoms with Crippen LogP contribution in [0.25, 0.3) is 0 Å². The van der Waals surface area contributed by atoms with Gasteiger partial charge < -0.3 is 9.47 Å². The van der Waals surface area contributed by atoms with E-state index >= 15 is 0 Å². The molecule has 0 aliphatic heterocycles. The smallest absolute Gasteiger partial charge is 0.339 e. The number of rotatable bonds is 6. The molecule has 0 saturated carbocycles. The van der Waals surface area contributed by atoms with E-state index in [-0.39, 0.29) is 34.9 Å². The maximum Gasteiger partial charge on any atom is 0.339 e. The molecule has 0 saturated heterocycles. The van der Waals surface area contributed by atoms with Crippen LogP contribution in [0.15, 0.2) is 17.0 Å². The Morgan fingerprint density at radius 3 is 2.38 bits per heavy atom. The molecule has 1 rings (SSSR count). The van der Waals surface area contributed by atoms with Crippen molar-refractivity contribution in [3.05, 3.63) is 27.7 Å². The Morgan fingerprint density at radius 1 is 1.24 bits per heavy atom. The van der Waals surface area contributed by atoms with Gasteiger partial charge in [0.1, 0.15) is 11.5 Å². The fraction of sp³-hybridized carbons (Fsp3) is 0.417. The summed E-state index contributed by atoms with van der Waals surface area (Å²) in [5.74, 6) is -0.809. The van der Waals surface area contributed by atoms with E-state index in [1.165, 1.54) is 6.07 Å². The summed E-state index contributed by atoms with van der Waals surface area (Å²) < 4.78 is 32.9. The molecule has 0 aliphatic carbocycles. The molecule has 0 unspecified atom stereocenters. The zero-order valence-electron chi connectivity index (χ0n) is 11.2. The van der Waals surface area contributed by atoms with Gasteiger partial charge >= 0.3 is 5.97 Å². The Bertz CT molecular complexity index is 628. The topological polar surface area (TPSA) is 69.7 Å². The van der Waals surface area contributed by atoms with Gasteiger partial charge in [-0.25, -0.2) is 13.2 Å². The molecule has 0 amide bonds. The maximum atomic E-state index is 11.9. The van der Waals surface area contributed by atoms with E-state index in [2.05, 4.69) is 0 Å². The van der Waals surface area contributed by atoms with Gasteiger partial charge in [0.15, 0.2) is 0 Å². The number of carbonyl (C=O) groups excluding carboxylic acids is 1. The van der Waals surface area contributed by atoms with E-state index < -0.39 is 19.9 Å². The quantitative estimate of drug-likeness (QED) is 0.432. The highest BCUT2D eigenvalue weighted by atomic mass is 35.7. The summed E-state index contributed by atoms with van der Waals surface area (Å²) in [5, 5.41) is -0.326. The second-order valence-corrected chi connectivity index (χ2v) is 7.61. The summed E-state index contributed by atoms with van der Waals surface area (Å²) in [6, 6.07) is 2.27. The van der Waals surface area contributed by atoms with Gasteiger partial charge in [-0.3, -0.25) is 0 Å². The van der Waals surface area contributed by atoms with Gasteiger partial charge in [0.25, 0.3) is 9.05 Å². The van der Waals surface area contributed by atoms with Gasteiger partial charge in [0.2, 0.25) is 0 Å². The molecular weight excluding hydrogens is 363 g/mol. The number of benzene rings is 1. The number of hydrogen-bond donors (Lipinski definition) is 0. The minimum absolute atomic E-state index is 0.00279. The summed E-state index contributed by atoms with van der Waals surface area (Å²) in [6.45, 7) is 3.89. The van der Waals surface area contributed by atoms with Crippen molar-refractivity contribution in [2.75, 3.05) is 13.2 Å². The molecule has 0 radical (unpaired) electrons. The molecule has 0 bridgehead atoms. The molecule has 0 heterocycles. The highest BCUT2D eigenvalue weighted by Crippen LogP contribution is 2.31. The van der Waals surface area contributed by atoms with Crippen LogP contribution in [0, 0.1) is 0 Å². The van der Waals surface area contributed by atoms with Crippen molar-refractivity contribution in [3.8, 4) is 0 Å². The van der Waals surface area contributed by atoms with Gasteiger partial charge in [-0.15, -0.1) is 0 Å². The summed E-state index contributed by atoms with van der Waals surface area (Å²) >= 11 is 11.6. The molecule has 0 aliphatic rings. The molecule has 0 spiro atoms. The second-order valence-electron chi connectivity index (χ2n) is 4.26. The van der Waals surface area contributed by atoms with Crippen LogP contribution in [0.1, 0.15) is 24.2 Å². The van der Waals surface area contributed by atoms with E-state index in [0.717, 1.165) is 6.07 Å². The minimum atomic E-state index is -4.13.